The predicted octanol–water partition coefficient (Wildman–Crippen LogP) is 1.90. The van der Waals surface area contributed by atoms with E-state index in [4.69, 9.17) is 4.99 Å². The van der Waals surface area contributed by atoms with Crippen LogP contribution in [-0.4, -0.2) is 48.2 Å². The number of nitrogens with zero attached hydrogens (tertiary/aromatic N) is 3. The lowest BCUT2D eigenvalue weighted by Gasteiger charge is -2.27. The normalized spacial score (nSPS) is 22.1. The summed E-state index contributed by atoms with van der Waals surface area (Å²) < 4.78 is 0. The van der Waals surface area contributed by atoms with E-state index in [1.165, 1.54) is 0 Å². The number of amides is 1. The van der Waals surface area contributed by atoms with Crippen LogP contribution in [0.25, 0.3) is 0 Å². The lowest BCUT2D eigenvalue weighted by molar-refractivity contribution is 0.0769. The van der Waals surface area contributed by atoms with E-state index >= 15 is 0 Å². The lowest BCUT2D eigenvalue weighted by Crippen LogP contribution is -2.44. The molecule has 2 aliphatic heterocycles. The number of para-hydroxylation sites is 1. The standard InChI is InChI=1S/C14H17N3O/c1-16(2)13-12-8-5-9-17(12)14(18)10-6-3-4-7-11(10)15-13/h3-4,6-7,12H,5,8-9H2,1-2H3. The SMILES string of the molecule is CN(C)C1=Nc2ccccc2C(=O)N2CCCC12. The topological polar surface area (TPSA) is 35.9 Å². The third-order valence-electron chi connectivity index (χ3n) is 3.64. The molecule has 0 N–H and O–H groups in total. The first kappa shape index (κ1) is 11.3. The van der Waals surface area contributed by atoms with Crippen molar-refractivity contribution >= 4 is 17.4 Å². The zero-order chi connectivity index (χ0) is 12.7. The zero-order valence-electron chi connectivity index (χ0n) is 10.8. The Labute approximate surface area is 107 Å². The average molecular weight is 243 g/mol. The number of hydrogen-bond acceptors (Lipinski definition) is 3. The maximum atomic E-state index is 12.5. The quantitative estimate of drug-likeness (QED) is 0.697. The van der Waals surface area contributed by atoms with Gasteiger partial charge in [-0.1, -0.05) is 12.1 Å². The molecule has 0 aliphatic carbocycles. The van der Waals surface area contributed by atoms with Crippen molar-refractivity contribution in [2.24, 2.45) is 4.99 Å². The Morgan fingerprint density at radius 3 is 2.89 bits per heavy atom. The van der Waals surface area contributed by atoms with E-state index in [9.17, 15) is 4.79 Å². The molecule has 4 heteroatoms. The van der Waals surface area contributed by atoms with Crippen LogP contribution in [0.1, 0.15) is 23.2 Å². The summed E-state index contributed by atoms with van der Waals surface area (Å²) in [6.07, 6.45) is 2.07. The molecular formula is C14H17N3O. The van der Waals surface area contributed by atoms with Gasteiger partial charge in [-0.05, 0) is 25.0 Å². The van der Waals surface area contributed by atoms with Gasteiger partial charge in [-0.25, -0.2) is 4.99 Å². The van der Waals surface area contributed by atoms with Gasteiger partial charge in [0, 0.05) is 20.6 Å². The third kappa shape index (κ3) is 1.60. The fourth-order valence-corrected chi connectivity index (χ4v) is 2.78. The van der Waals surface area contributed by atoms with E-state index in [0.717, 1.165) is 36.5 Å². The Hall–Kier alpha value is -1.84. The van der Waals surface area contributed by atoms with Gasteiger partial charge < -0.3 is 9.80 Å². The van der Waals surface area contributed by atoms with Gasteiger partial charge in [0.15, 0.2) is 0 Å². The molecule has 1 amide bonds. The van der Waals surface area contributed by atoms with Crippen LogP contribution in [0.2, 0.25) is 0 Å². The summed E-state index contributed by atoms with van der Waals surface area (Å²) in [4.78, 5) is 21.2. The summed E-state index contributed by atoms with van der Waals surface area (Å²) in [5.41, 5.74) is 1.52. The summed E-state index contributed by atoms with van der Waals surface area (Å²) >= 11 is 0. The van der Waals surface area contributed by atoms with Crippen LogP contribution in [0.4, 0.5) is 5.69 Å². The molecule has 0 aromatic heterocycles. The number of amidine groups is 1. The van der Waals surface area contributed by atoms with Crippen LogP contribution in [0.3, 0.4) is 0 Å². The fourth-order valence-electron chi connectivity index (χ4n) is 2.78. The van der Waals surface area contributed by atoms with Crippen molar-refractivity contribution < 1.29 is 4.79 Å². The highest BCUT2D eigenvalue weighted by Gasteiger charge is 2.36. The summed E-state index contributed by atoms with van der Waals surface area (Å²) in [7, 11) is 3.99. The van der Waals surface area contributed by atoms with Gasteiger partial charge in [-0.15, -0.1) is 0 Å². The van der Waals surface area contributed by atoms with Gasteiger partial charge in [0.1, 0.15) is 5.84 Å². The molecule has 2 aliphatic rings. The molecule has 18 heavy (non-hydrogen) atoms. The second-order valence-corrected chi connectivity index (χ2v) is 5.04. The number of likely N-dealkylation sites (N-methyl/N-ethyl adjacent to an activating group) is 1. The average Bonchev–Trinajstić information content (AvgIpc) is 2.80. The van der Waals surface area contributed by atoms with Gasteiger partial charge in [0.05, 0.1) is 17.3 Å². The highest BCUT2D eigenvalue weighted by atomic mass is 16.2. The smallest absolute Gasteiger partial charge is 0.256 e. The van der Waals surface area contributed by atoms with Crippen molar-refractivity contribution in [1.29, 1.82) is 0 Å². The van der Waals surface area contributed by atoms with Crippen LogP contribution in [0.15, 0.2) is 29.3 Å². The molecule has 0 spiro atoms. The zero-order valence-corrected chi connectivity index (χ0v) is 10.8. The van der Waals surface area contributed by atoms with Crippen molar-refractivity contribution in [1.82, 2.24) is 9.80 Å². The summed E-state index contributed by atoms with van der Waals surface area (Å²) in [5.74, 6) is 1.11. The highest BCUT2D eigenvalue weighted by molar-refractivity contribution is 6.06. The van der Waals surface area contributed by atoms with Crippen LogP contribution in [0, 0.1) is 0 Å². The number of aliphatic imine (C=N–C) groups is 1. The largest absolute Gasteiger partial charge is 0.364 e. The number of fused-ring (bicyclic) bond motifs is 2. The van der Waals surface area contributed by atoms with Crippen molar-refractivity contribution in [2.45, 2.75) is 18.9 Å². The highest BCUT2D eigenvalue weighted by Crippen LogP contribution is 2.31. The van der Waals surface area contributed by atoms with Crippen molar-refractivity contribution in [2.75, 3.05) is 20.6 Å². The molecule has 0 bridgehead atoms. The second-order valence-electron chi connectivity index (χ2n) is 5.04. The molecule has 1 aromatic carbocycles. The van der Waals surface area contributed by atoms with Crippen molar-refractivity contribution in [3.05, 3.63) is 29.8 Å². The number of carbonyl (C=O) groups excluding carboxylic acids is 1. The molecule has 2 heterocycles. The Balaban J connectivity index is 2.17. The second kappa shape index (κ2) is 4.12. The maximum Gasteiger partial charge on any atom is 0.256 e. The first-order chi connectivity index (χ1) is 8.68. The fraction of sp³-hybridized carbons (Fsp3) is 0.429. The predicted molar refractivity (Wildman–Crippen MR) is 71.3 cm³/mol. The first-order valence-corrected chi connectivity index (χ1v) is 6.34. The van der Waals surface area contributed by atoms with E-state index in [1.807, 2.05) is 48.2 Å². The molecular weight excluding hydrogens is 226 g/mol. The summed E-state index contributed by atoms with van der Waals surface area (Å²) in [5, 5.41) is 0. The van der Waals surface area contributed by atoms with Gasteiger partial charge >= 0.3 is 0 Å². The lowest BCUT2D eigenvalue weighted by atomic mass is 10.1. The van der Waals surface area contributed by atoms with E-state index in [1.54, 1.807) is 0 Å². The summed E-state index contributed by atoms with van der Waals surface area (Å²) in [6.45, 7) is 0.838. The molecule has 1 saturated heterocycles. The molecule has 4 nitrogen and oxygen atoms in total. The van der Waals surface area contributed by atoms with E-state index in [-0.39, 0.29) is 11.9 Å². The van der Waals surface area contributed by atoms with Gasteiger partial charge in [-0.2, -0.15) is 0 Å². The number of hydrogen-bond donors (Lipinski definition) is 0. The first-order valence-electron chi connectivity index (χ1n) is 6.34. The minimum Gasteiger partial charge on any atom is -0.364 e. The Morgan fingerprint density at radius 1 is 1.33 bits per heavy atom. The Kier molecular flexibility index (Phi) is 2.58. The van der Waals surface area contributed by atoms with E-state index < -0.39 is 0 Å². The molecule has 0 saturated carbocycles. The minimum absolute atomic E-state index is 0.119. The van der Waals surface area contributed by atoms with Crippen molar-refractivity contribution in [3.8, 4) is 0 Å². The minimum atomic E-state index is 0.119. The van der Waals surface area contributed by atoms with Gasteiger partial charge in [-0.3, -0.25) is 4.79 Å². The monoisotopic (exact) mass is 243 g/mol. The third-order valence-corrected chi connectivity index (χ3v) is 3.64. The molecule has 1 aromatic rings. The van der Waals surface area contributed by atoms with E-state index in [0.29, 0.717) is 0 Å². The summed E-state index contributed by atoms with van der Waals surface area (Å²) in [6, 6.07) is 7.76. The number of benzene rings is 1. The Bertz CT molecular complexity index is 522. The number of rotatable bonds is 0. The van der Waals surface area contributed by atoms with Crippen LogP contribution in [0.5, 0.6) is 0 Å². The van der Waals surface area contributed by atoms with Gasteiger partial charge in [0.25, 0.3) is 5.91 Å². The molecule has 94 valence electrons. The van der Waals surface area contributed by atoms with Crippen LogP contribution in [-0.2, 0) is 0 Å². The molecule has 3 rings (SSSR count). The Morgan fingerprint density at radius 2 is 2.11 bits per heavy atom. The van der Waals surface area contributed by atoms with Crippen LogP contribution < -0.4 is 0 Å². The van der Waals surface area contributed by atoms with Crippen molar-refractivity contribution in [3.63, 3.8) is 0 Å². The van der Waals surface area contributed by atoms with Gasteiger partial charge in [0.2, 0.25) is 0 Å². The number of carbonyl (C=O) groups is 1. The maximum absolute atomic E-state index is 12.5. The van der Waals surface area contributed by atoms with Crippen LogP contribution >= 0.6 is 0 Å². The van der Waals surface area contributed by atoms with E-state index in [2.05, 4.69) is 0 Å². The molecule has 0 radical (unpaired) electrons. The molecule has 1 fully saturated rings. The molecule has 1 atom stereocenters. The molecule has 1 unspecified atom stereocenters.